The van der Waals surface area contributed by atoms with Gasteiger partial charge in [0.15, 0.2) is 0 Å². The van der Waals surface area contributed by atoms with Gasteiger partial charge in [-0.1, -0.05) is 25.1 Å². The number of rotatable bonds is 8. The summed E-state index contributed by atoms with van der Waals surface area (Å²) in [5.41, 5.74) is 0.563. The van der Waals surface area contributed by atoms with Crippen molar-refractivity contribution in [2.24, 2.45) is 5.92 Å². The Hall–Kier alpha value is -2.11. The van der Waals surface area contributed by atoms with E-state index in [9.17, 15) is 14.0 Å². The summed E-state index contributed by atoms with van der Waals surface area (Å²) in [6.07, 6.45) is 1.55. The van der Waals surface area contributed by atoms with Gasteiger partial charge in [-0.05, 0) is 30.9 Å². The number of carboxylic acid groups (broad SMARTS) is 1. The third-order valence-corrected chi connectivity index (χ3v) is 3.16. The zero-order valence-electron chi connectivity index (χ0n) is 12.1. The Morgan fingerprint density at radius 2 is 1.90 bits per heavy atom. The SMILES string of the molecule is CC(CCCNC(=O)NCCc1ccccc1F)C(=O)O. The Bertz CT molecular complexity index is 480. The van der Waals surface area contributed by atoms with E-state index in [1.54, 1.807) is 25.1 Å². The number of urea groups is 1. The lowest BCUT2D eigenvalue weighted by atomic mass is 10.1. The Labute approximate surface area is 123 Å². The smallest absolute Gasteiger partial charge is 0.314 e. The number of halogens is 1. The highest BCUT2D eigenvalue weighted by Crippen LogP contribution is 2.06. The number of hydrogen-bond donors (Lipinski definition) is 3. The zero-order valence-corrected chi connectivity index (χ0v) is 12.1. The maximum Gasteiger partial charge on any atom is 0.314 e. The number of carboxylic acids is 1. The van der Waals surface area contributed by atoms with E-state index in [0.717, 1.165) is 0 Å². The first-order valence-corrected chi connectivity index (χ1v) is 6.98. The van der Waals surface area contributed by atoms with Crippen molar-refractivity contribution < 1.29 is 19.1 Å². The maximum absolute atomic E-state index is 13.3. The highest BCUT2D eigenvalue weighted by atomic mass is 19.1. The predicted octanol–water partition coefficient (Wildman–Crippen LogP) is 2.17. The van der Waals surface area contributed by atoms with E-state index in [0.29, 0.717) is 37.9 Å². The van der Waals surface area contributed by atoms with Crippen LogP contribution in [0.4, 0.5) is 9.18 Å². The molecule has 0 aliphatic heterocycles. The summed E-state index contributed by atoms with van der Waals surface area (Å²) < 4.78 is 13.3. The molecule has 0 bridgehead atoms. The molecule has 1 aromatic rings. The largest absolute Gasteiger partial charge is 0.481 e. The van der Waals surface area contributed by atoms with Crippen molar-refractivity contribution in [2.75, 3.05) is 13.1 Å². The molecule has 0 fully saturated rings. The monoisotopic (exact) mass is 296 g/mol. The van der Waals surface area contributed by atoms with Gasteiger partial charge in [0.1, 0.15) is 5.82 Å². The minimum absolute atomic E-state index is 0.276. The molecule has 1 rings (SSSR count). The third-order valence-electron chi connectivity index (χ3n) is 3.16. The van der Waals surface area contributed by atoms with Crippen molar-refractivity contribution in [1.82, 2.24) is 10.6 Å². The van der Waals surface area contributed by atoms with Gasteiger partial charge in [0, 0.05) is 13.1 Å². The van der Waals surface area contributed by atoms with Crippen LogP contribution in [0.5, 0.6) is 0 Å². The summed E-state index contributed by atoms with van der Waals surface area (Å²) in [5, 5.41) is 14.0. The molecule has 21 heavy (non-hydrogen) atoms. The second kappa shape index (κ2) is 8.94. The summed E-state index contributed by atoms with van der Waals surface area (Å²) in [6.45, 7) is 2.40. The van der Waals surface area contributed by atoms with E-state index in [2.05, 4.69) is 10.6 Å². The third kappa shape index (κ3) is 6.74. The van der Waals surface area contributed by atoms with Gasteiger partial charge in [-0.2, -0.15) is 0 Å². The van der Waals surface area contributed by atoms with Gasteiger partial charge in [-0.25, -0.2) is 9.18 Å². The first-order valence-electron chi connectivity index (χ1n) is 6.98. The summed E-state index contributed by atoms with van der Waals surface area (Å²) in [7, 11) is 0. The van der Waals surface area contributed by atoms with Crippen LogP contribution in [0.25, 0.3) is 0 Å². The minimum atomic E-state index is -0.829. The van der Waals surface area contributed by atoms with Crippen molar-refractivity contribution in [3.8, 4) is 0 Å². The maximum atomic E-state index is 13.3. The standard InChI is InChI=1S/C15H21FN2O3/c1-11(14(19)20)5-4-9-17-15(21)18-10-8-12-6-2-3-7-13(12)16/h2-3,6-7,11H,4-5,8-10H2,1H3,(H,19,20)(H2,17,18,21). The van der Waals surface area contributed by atoms with Crippen LogP contribution in [0.15, 0.2) is 24.3 Å². The topological polar surface area (TPSA) is 78.4 Å². The van der Waals surface area contributed by atoms with Gasteiger partial charge >= 0.3 is 12.0 Å². The number of carbonyl (C=O) groups is 2. The van der Waals surface area contributed by atoms with E-state index in [1.165, 1.54) is 6.07 Å². The lowest BCUT2D eigenvalue weighted by Crippen LogP contribution is -2.37. The molecule has 0 aliphatic carbocycles. The van der Waals surface area contributed by atoms with Crippen molar-refractivity contribution in [1.29, 1.82) is 0 Å². The Kier molecular flexibility index (Phi) is 7.21. The van der Waals surface area contributed by atoms with Crippen molar-refractivity contribution in [2.45, 2.75) is 26.2 Å². The molecule has 1 unspecified atom stereocenters. The predicted molar refractivity (Wildman–Crippen MR) is 77.5 cm³/mol. The van der Waals surface area contributed by atoms with E-state index in [-0.39, 0.29) is 11.8 Å². The van der Waals surface area contributed by atoms with E-state index < -0.39 is 11.9 Å². The lowest BCUT2D eigenvalue weighted by Gasteiger charge is -2.09. The van der Waals surface area contributed by atoms with Gasteiger partial charge in [-0.3, -0.25) is 4.79 Å². The molecule has 0 spiro atoms. The quantitative estimate of drug-likeness (QED) is 0.643. The van der Waals surface area contributed by atoms with Gasteiger partial charge < -0.3 is 15.7 Å². The van der Waals surface area contributed by atoms with Gasteiger partial charge in [-0.15, -0.1) is 0 Å². The van der Waals surface area contributed by atoms with Crippen LogP contribution in [0.3, 0.4) is 0 Å². The fourth-order valence-corrected chi connectivity index (χ4v) is 1.81. The van der Waals surface area contributed by atoms with Crippen molar-refractivity contribution in [3.05, 3.63) is 35.6 Å². The number of amides is 2. The average molecular weight is 296 g/mol. The molecule has 0 aliphatic rings. The lowest BCUT2D eigenvalue weighted by molar-refractivity contribution is -0.141. The Balaban J connectivity index is 2.12. The molecule has 0 saturated heterocycles. The van der Waals surface area contributed by atoms with Crippen LogP contribution < -0.4 is 10.6 Å². The number of aliphatic carboxylic acids is 1. The van der Waals surface area contributed by atoms with E-state index in [1.807, 2.05) is 0 Å². The minimum Gasteiger partial charge on any atom is -0.481 e. The summed E-state index contributed by atoms with van der Waals surface area (Å²) >= 11 is 0. The second-order valence-electron chi connectivity index (χ2n) is 4.91. The van der Waals surface area contributed by atoms with Crippen molar-refractivity contribution >= 4 is 12.0 Å². The van der Waals surface area contributed by atoms with Gasteiger partial charge in [0.05, 0.1) is 5.92 Å². The first kappa shape index (κ1) is 16.9. The first-order chi connectivity index (χ1) is 10.0. The van der Waals surface area contributed by atoms with E-state index in [4.69, 9.17) is 5.11 Å². The number of hydrogen-bond acceptors (Lipinski definition) is 2. The normalized spacial score (nSPS) is 11.7. The molecule has 5 nitrogen and oxygen atoms in total. The fraction of sp³-hybridized carbons (Fsp3) is 0.467. The van der Waals surface area contributed by atoms with Gasteiger partial charge in [0.25, 0.3) is 0 Å². The summed E-state index contributed by atoms with van der Waals surface area (Å²) in [6, 6.07) is 6.12. The molecule has 116 valence electrons. The van der Waals surface area contributed by atoms with Crippen LogP contribution in [0.2, 0.25) is 0 Å². The molecule has 6 heteroatoms. The summed E-state index contributed by atoms with van der Waals surface area (Å²) in [4.78, 5) is 22.1. The molecule has 3 N–H and O–H groups in total. The Morgan fingerprint density at radius 1 is 1.24 bits per heavy atom. The number of carbonyl (C=O) groups excluding carboxylic acids is 1. The molecular weight excluding hydrogens is 275 g/mol. The van der Waals surface area contributed by atoms with Crippen LogP contribution >= 0.6 is 0 Å². The van der Waals surface area contributed by atoms with Crippen LogP contribution in [0, 0.1) is 11.7 Å². The number of nitrogens with one attached hydrogen (secondary N) is 2. The molecule has 0 heterocycles. The molecule has 0 radical (unpaired) electrons. The van der Waals surface area contributed by atoms with E-state index >= 15 is 0 Å². The highest BCUT2D eigenvalue weighted by Gasteiger charge is 2.10. The van der Waals surface area contributed by atoms with Crippen LogP contribution in [-0.2, 0) is 11.2 Å². The molecule has 0 aromatic heterocycles. The molecule has 1 atom stereocenters. The molecule has 1 aromatic carbocycles. The molecule has 0 saturated carbocycles. The van der Waals surface area contributed by atoms with Crippen LogP contribution in [-0.4, -0.2) is 30.2 Å². The van der Waals surface area contributed by atoms with Gasteiger partial charge in [0.2, 0.25) is 0 Å². The Morgan fingerprint density at radius 3 is 2.57 bits per heavy atom. The fourth-order valence-electron chi connectivity index (χ4n) is 1.81. The summed E-state index contributed by atoms with van der Waals surface area (Å²) in [5.74, 6) is -1.51. The highest BCUT2D eigenvalue weighted by molar-refractivity contribution is 5.73. The zero-order chi connectivity index (χ0) is 15.7. The van der Waals surface area contributed by atoms with Crippen LogP contribution in [0.1, 0.15) is 25.3 Å². The second-order valence-corrected chi connectivity index (χ2v) is 4.91. The van der Waals surface area contributed by atoms with Crippen molar-refractivity contribution in [3.63, 3.8) is 0 Å². The molecular formula is C15H21FN2O3. The number of benzene rings is 1. The average Bonchev–Trinajstić information content (AvgIpc) is 2.45. The molecule has 2 amide bonds.